The first-order valence-corrected chi connectivity index (χ1v) is 12.5. The van der Waals surface area contributed by atoms with Crippen LogP contribution in [0.2, 0.25) is 5.02 Å². The average Bonchev–Trinajstić information content (AvgIpc) is 3.23. The molecule has 180 valence electrons. The molecule has 1 spiro atoms. The SMILES string of the molecule is C=CCCn1c(CN2C(=O)C3(CN(C(=O)OC(C)C)C3)c3ccc(Cl)cc32)nc2c1CCCC2. The largest absolute Gasteiger partial charge is 0.447 e. The number of ether oxygens (including phenoxy) is 1. The number of likely N-dealkylation sites (tertiary alicyclic amines) is 1. The van der Waals surface area contributed by atoms with Crippen molar-refractivity contribution in [2.45, 2.75) is 70.6 Å². The van der Waals surface area contributed by atoms with Crippen LogP contribution in [0.1, 0.15) is 55.9 Å². The number of aryl methyl sites for hydroxylation is 1. The van der Waals surface area contributed by atoms with Crippen LogP contribution in [0.4, 0.5) is 10.5 Å². The molecule has 0 radical (unpaired) electrons. The standard InChI is InChI=1S/C26H31ClN4O3/c1-4-5-12-30-21-9-7-6-8-20(21)28-23(30)14-31-22-13-18(27)10-11-19(22)26(24(31)32)15-29(16-26)25(33)34-17(2)3/h4,10-11,13,17H,1,5-9,12,14-16H2,2-3H3. The predicted octanol–water partition coefficient (Wildman–Crippen LogP) is 4.64. The van der Waals surface area contributed by atoms with Gasteiger partial charge in [0.15, 0.2) is 0 Å². The summed E-state index contributed by atoms with van der Waals surface area (Å²) in [5, 5.41) is 0.582. The van der Waals surface area contributed by atoms with Crippen molar-refractivity contribution in [2.24, 2.45) is 0 Å². The summed E-state index contributed by atoms with van der Waals surface area (Å²) < 4.78 is 7.62. The molecule has 34 heavy (non-hydrogen) atoms. The van der Waals surface area contributed by atoms with Crippen molar-refractivity contribution in [3.8, 4) is 0 Å². The number of allylic oxidation sites excluding steroid dienone is 1. The molecule has 1 aromatic heterocycles. The molecule has 2 aromatic rings. The maximum absolute atomic E-state index is 13.9. The van der Waals surface area contributed by atoms with Crippen LogP contribution >= 0.6 is 11.6 Å². The van der Waals surface area contributed by atoms with Crippen molar-refractivity contribution in [3.63, 3.8) is 0 Å². The van der Waals surface area contributed by atoms with E-state index in [2.05, 4.69) is 11.1 Å². The monoisotopic (exact) mass is 482 g/mol. The van der Waals surface area contributed by atoms with Crippen LogP contribution in [0.5, 0.6) is 0 Å². The minimum absolute atomic E-state index is 0.00499. The summed E-state index contributed by atoms with van der Waals surface area (Å²) >= 11 is 6.36. The van der Waals surface area contributed by atoms with Crippen molar-refractivity contribution >= 4 is 29.3 Å². The molecule has 3 aliphatic rings. The maximum Gasteiger partial charge on any atom is 0.410 e. The molecule has 7 nitrogen and oxygen atoms in total. The number of hydrogen-bond donors (Lipinski definition) is 0. The molecule has 0 atom stereocenters. The summed E-state index contributed by atoms with van der Waals surface area (Å²) in [5.41, 5.74) is 3.43. The third kappa shape index (κ3) is 3.70. The molecular weight excluding hydrogens is 452 g/mol. The molecule has 1 fully saturated rings. The number of fused-ring (bicyclic) bond motifs is 3. The van der Waals surface area contributed by atoms with E-state index in [1.54, 1.807) is 4.90 Å². The van der Waals surface area contributed by atoms with Crippen molar-refractivity contribution < 1.29 is 14.3 Å². The van der Waals surface area contributed by atoms with E-state index in [9.17, 15) is 9.59 Å². The minimum atomic E-state index is -0.756. The third-order valence-corrected chi connectivity index (χ3v) is 7.34. The van der Waals surface area contributed by atoms with Gasteiger partial charge in [0.2, 0.25) is 5.91 Å². The van der Waals surface area contributed by atoms with Gasteiger partial charge in [0.05, 0.1) is 24.0 Å². The number of halogens is 1. The van der Waals surface area contributed by atoms with Gasteiger partial charge in [0, 0.05) is 30.4 Å². The van der Waals surface area contributed by atoms with E-state index < -0.39 is 5.41 Å². The van der Waals surface area contributed by atoms with Gasteiger partial charge in [-0.25, -0.2) is 9.78 Å². The zero-order valence-electron chi connectivity index (χ0n) is 19.8. The first kappa shape index (κ1) is 23.0. The van der Waals surface area contributed by atoms with Crippen LogP contribution in [0.3, 0.4) is 0 Å². The zero-order valence-corrected chi connectivity index (χ0v) is 20.6. The molecule has 0 N–H and O–H groups in total. The highest BCUT2D eigenvalue weighted by atomic mass is 35.5. The topological polar surface area (TPSA) is 67.7 Å². The van der Waals surface area contributed by atoms with Gasteiger partial charge < -0.3 is 19.1 Å². The van der Waals surface area contributed by atoms with Crippen LogP contribution in [0.15, 0.2) is 30.9 Å². The Morgan fingerprint density at radius 1 is 1.29 bits per heavy atom. The smallest absolute Gasteiger partial charge is 0.410 e. The average molecular weight is 483 g/mol. The fourth-order valence-corrected chi connectivity index (χ4v) is 5.66. The van der Waals surface area contributed by atoms with Crippen LogP contribution in [0, 0.1) is 0 Å². The number of hydrogen-bond acceptors (Lipinski definition) is 4. The molecule has 1 aliphatic carbocycles. The number of carbonyl (C=O) groups is 2. The van der Waals surface area contributed by atoms with Gasteiger partial charge in [-0.3, -0.25) is 4.79 Å². The molecule has 0 saturated carbocycles. The number of carbonyl (C=O) groups excluding carboxylic acids is 2. The molecule has 0 bridgehead atoms. The number of aromatic nitrogens is 2. The van der Waals surface area contributed by atoms with E-state index in [0.29, 0.717) is 24.7 Å². The van der Waals surface area contributed by atoms with Crippen LogP contribution < -0.4 is 4.90 Å². The fourth-order valence-electron chi connectivity index (χ4n) is 5.49. The molecule has 5 rings (SSSR count). The molecule has 0 unspecified atom stereocenters. The van der Waals surface area contributed by atoms with Gasteiger partial charge in [-0.15, -0.1) is 6.58 Å². The van der Waals surface area contributed by atoms with Gasteiger partial charge in [-0.05, 0) is 63.6 Å². The Hall–Kier alpha value is -2.80. The van der Waals surface area contributed by atoms with Crippen LogP contribution in [0.25, 0.3) is 0 Å². The highest BCUT2D eigenvalue weighted by Crippen LogP contribution is 2.49. The Labute approximate surface area is 205 Å². The van der Waals surface area contributed by atoms with E-state index in [4.69, 9.17) is 21.3 Å². The lowest BCUT2D eigenvalue weighted by molar-refractivity contribution is -0.128. The number of rotatable bonds is 6. The first-order valence-electron chi connectivity index (χ1n) is 12.1. The number of anilines is 1. The quantitative estimate of drug-likeness (QED) is 0.563. The number of benzene rings is 1. The van der Waals surface area contributed by atoms with Gasteiger partial charge >= 0.3 is 6.09 Å². The van der Waals surface area contributed by atoms with Crippen molar-refractivity contribution in [3.05, 3.63) is 58.7 Å². The van der Waals surface area contributed by atoms with Crippen molar-refractivity contribution in [1.29, 1.82) is 0 Å². The molecule has 1 saturated heterocycles. The molecule has 3 heterocycles. The molecular formula is C26H31ClN4O3. The van der Waals surface area contributed by atoms with Gasteiger partial charge in [-0.1, -0.05) is 23.7 Å². The van der Waals surface area contributed by atoms with E-state index >= 15 is 0 Å². The molecule has 2 aliphatic heterocycles. The van der Waals surface area contributed by atoms with E-state index in [1.807, 2.05) is 43.0 Å². The zero-order chi connectivity index (χ0) is 24.0. The summed E-state index contributed by atoms with van der Waals surface area (Å²) in [6.45, 7) is 9.33. The summed E-state index contributed by atoms with van der Waals surface area (Å²) in [6, 6.07) is 5.60. The highest BCUT2D eigenvalue weighted by molar-refractivity contribution is 6.31. The number of amides is 2. The Balaban J connectivity index is 1.47. The third-order valence-electron chi connectivity index (χ3n) is 7.10. The summed E-state index contributed by atoms with van der Waals surface area (Å²) in [6.07, 6.45) is 6.51. The van der Waals surface area contributed by atoms with Crippen molar-refractivity contribution in [2.75, 3.05) is 18.0 Å². The van der Waals surface area contributed by atoms with Crippen molar-refractivity contribution in [1.82, 2.24) is 14.5 Å². The van der Waals surface area contributed by atoms with Gasteiger partial charge in [0.1, 0.15) is 11.2 Å². The maximum atomic E-state index is 13.9. The van der Waals surface area contributed by atoms with E-state index in [-0.39, 0.29) is 18.1 Å². The van der Waals surface area contributed by atoms with E-state index in [1.165, 1.54) is 12.1 Å². The Kier molecular flexibility index (Phi) is 5.92. The first-order chi connectivity index (χ1) is 16.3. The van der Waals surface area contributed by atoms with Gasteiger partial charge in [-0.2, -0.15) is 0 Å². The second-order valence-corrected chi connectivity index (χ2v) is 10.2. The summed E-state index contributed by atoms with van der Waals surface area (Å²) in [5.74, 6) is 0.898. The minimum Gasteiger partial charge on any atom is -0.447 e. The lowest BCUT2D eigenvalue weighted by Gasteiger charge is -2.46. The molecule has 1 aromatic carbocycles. The second-order valence-electron chi connectivity index (χ2n) is 9.78. The number of nitrogens with zero attached hydrogens (tertiary/aromatic N) is 4. The fraction of sp³-hybridized carbons (Fsp3) is 0.500. The normalized spacial score (nSPS) is 18.2. The second kappa shape index (κ2) is 8.77. The Morgan fingerprint density at radius 2 is 2.06 bits per heavy atom. The molecule has 2 amide bonds. The lowest BCUT2D eigenvalue weighted by Crippen LogP contribution is -2.65. The summed E-state index contributed by atoms with van der Waals surface area (Å²) in [7, 11) is 0. The van der Waals surface area contributed by atoms with Crippen LogP contribution in [-0.4, -0.2) is 45.6 Å². The van der Waals surface area contributed by atoms with Gasteiger partial charge in [0.25, 0.3) is 0 Å². The lowest BCUT2D eigenvalue weighted by atomic mass is 9.75. The van der Waals surface area contributed by atoms with Crippen LogP contribution in [-0.2, 0) is 40.9 Å². The van der Waals surface area contributed by atoms with E-state index in [0.717, 1.165) is 55.0 Å². The highest BCUT2D eigenvalue weighted by Gasteiger charge is 2.59. The summed E-state index contributed by atoms with van der Waals surface area (Å²) in [4.78, 5) is 34.7. The number of imidazole rings is 1. The Bertz CT molecular complexity index is 1150. The Morgan fingerprint density at radius 3 is 2.79 bits per heavy atom. The molecule has 8 heteroatoms. The predicted molar refractivity (Wildman–Crippen MR) is 131 cm³/mol.